The first-order chi connectivity index (χ1) is 11.7. The van der Waals surface area contributed by atoms with Gasteiger partial charge in [0.15, 0.2) is 0 Å². The Morgan fingerprint density at radius 2 is 1.92 bits per heavy atom. The van der Waals surface area contributed by atoms with Crippen molar-refractivity contribution in [3.05, 3.63) is 53.5 Å². The van der Waals surface area contributed by atoms with Crippen LogP contribution < -0.4 is 4.90 Å². The lowest BCUT2D eigenvalue weighted by Gasteiger charge is -2.23. The molecular formula is C18H19N5O. The monoisotopic (exact) mass is 321 g/mol. The maximum atomic E-state index is 12.6. The summed E-state index contributed by atoms with van der Waals surface area (Å²) in [6.07, 6.45) is 4.11. The van der Waals surface area contributed by atoms with Crippen molar-refractivity contribution in [1.29, 1.82) is 5.26 Å². The van der Waals surface area contributed by atoms with Gasteiger partial charge in [-0.05, 0) is 37.6 Å². The Kier molecular flexibility index (Phi) is 4.71. The van der Waals surface area contributed by atoms with Crippen LogP contribution in [0, 0.1) is 18.3 Å². The van der Waals surface area contributed by atoms with Gasteiger partial charge in [-0.25, -0.2) is 4.98 Å². The number of pyridine rings is 2. The summed E-state index contributed by atoms with van der Waals surface area (Å²) in [6.45, 7) is 4.68. The summed E-state index contributed by atoms with van der Waals surface area (Å²) in [7, 11) is 0. The lowest BCUT2D eigenvalue weighted by Crippen LogP contribution is -2.35. The summed E-state index contributed by atoms with van der Waals surface area (Å²) in [6, 6.07) is 9.34. The Balaban J connectivity index is 1.75. The van der Waals surface area contributed by atoms with Crippen LogP contribution in [-0.4, -0.2) is 47.0 Å². The lowest BCUT2D eigenvalue weighted by atomic mass is 10.2. The highest BCUT2D eigenvalue weighted by Gasteiger charge is 2.22. The highest BCUT2D eigenvalue weighted by molar-refractivity contribution is 5.94. The topological polar surface area (TPSA) is 73.1 Å². The van der Waals surface area contributed by atoms with Gasteiger partial charge in [-0.2, -0.15) is 5.26 Å². The number of rotatable bonds is 2. The van der Waals surface area contributed by atoms with Crippen LogP contribution in [0.25, 0.3) is 0 Å². The van der Waals surface area contributed by atoms with Gasteiger partial charge in [0, 0.05) is 49.8 Å². The van der Waals surface area contributed by atoms with Crippen LogP contribution in [0.1, 0.15) is 28.0 Å². The molecule has 122 valence electrons. The Morgan fingerprint density at radius 1 is 1.12 bits per heavy atom. The predicted molar refractivity (Wildman–Crippen MR) is 90.7 cm³/mol. The summed E-state index contributed by atoms with van der Waals surface area (Å²) in [5.41, 5.74) is 2.12. The van der Waals surface area contributed by atoms with E-state index in [1.165, 1.54) is 0 Å². The van der Waals surface area contributed by atoms with Gasteiger partial charge in [-0.3, -0.25) is 9.78 Å². The molecule has 0 spiro atoms. The van der Waals surface area contributed by atoms with Crippen LogP contribution in [0.4, 0.5) is 5.82 Å². The van der Waals surface area contributed by atoms with Crippen LogP contribution in [0.5, 0.6) is 0 Å². The fourth-order valence-electron chi connectivity index (χ4n) is 2.88. The van der Waals surface area contributed by atoms with Gasteiger partial charge in [-0.15, -0.1) is 0 Å². The minimum Gasteiger partial charge on any atom is -0.354 e. The van der Waals surface area contributed by atoms with E-state index in [2.05, 4.69) is 20.9 Å². The molecule has 2 aromatic heterocycles. The van der Waals surface area contributed by atoms with Crippen molar-refractivity contribution in [3.8, 4) is 6.07 Å². The largest absolute Gasteiger partial charge is 0.354 e. The van der Waals surface area contributed by atoms with Crippen molar-refractivity contribution in [2.24, 2.45) is 0 Å². The van der Waals surface area contributed by atoms with Crippen LogP contribution in [0.15, 0.2) is 36.7 Å². The third-order valence-electron chi connectivity index (χ3n) is 4.14. The van der Waals surface area contributed by atoms with Gasteiger partial charge in [0.05, 0.1) is 5.56 Å². The molecule has 0 unspecified atom stereocenters. The molecular weight excluding hydrogens is 302 g/mol. The smallest absolute Gasteiger partial charge is 0.254 e. The van der Waals surface area contributed by atoms with Crippen molar-refractivity contribution in [3.63, 3.8) is 0 Å². The number of aryl methyl sites for hydroxylation is 1. The molecule has 24 heavy (non-hydrogen) atoms. The van der Waals surface area contributed by atoms with E-state index in [-0.39, 0.29) is 5.91 Å². The van der Waals surface area contributed by atoms with Crippen molar-refractivity contribution in [1.82, 2.24) is 14.9 Å². The van der Waals surface area contributed by atoms with Crippen LogP contribution in [0.2, 0.25) is 0 Å². The summed E-state index contributed by atoms with van der Waals surface area (Å²) < 4.78 is 0. The van der Waals surface area contributed by atoms with E-state index in [1.807, 2.05) is 24.0 Å². The summed E-state index contributed by atoms with van der Waals surface area (Å²) in [4.78, 5) is 25.0. The van der Waals surface area contributed by atoms with Gasteiger partial charge in [0.25, 0.3) is 5.91 Å². The number of carbonyl (C=O) groups excluding carboxylic acids is 1. The van der Waals surface area contributed by atoms with E-state index in [9.17, 15) is 10.1 Å². The quantitative estimate of drug-likeness (QED) is 0.846. The number of anilines is 1. The minimum absolute atomic E-state index is 0.0250. The molecule has 6 nitrogen and oxygen atoms in total. The second kappa shape index (κ2) is 7.09. The molecule has 3 heterocycles. The predicted octanol–water partition coefficient (Wildman–Crippen LogP) is 2.01. The molecule has 0 aromatic carbocycles. The summed E-state index contributed by atoms with van der Waals surface area (Å²) >= 11 is 0. The van der Waals surface area contributed by atoms with Crippen molar-refractivity contribution >= 4 is 11.7 Å². The molecule has 0 atom stereocenters. The third kappa shape index (κ3) is 3.35. The molecule has 0 saturated carbocycles. The molecule has 1 fully saturated rings. The van der Waals surface area contributed by atoms with Crippen molar-refractivity contribution < 1.29 is 4.79 Å². The normalized spacial score (nSPS) is 14.8. The van der Waals surface area contributed by atoms with Crippen molar-refractivity contribution in [2.75, 3.05) is 31.1 Å². The number of carbonyl (C=O) groups is 1. The Bertz CT molecular complexity index is 769. The highest BCUT2D eigenvalue weighted by Crippen LogP contribution is 2.20. The van der Waals surface area contributed by atoms with E-state index in [0.29, 0.717) is 30.8 Å². The van der Waals surface area contributed by atoms with Crippen LogP contribution in [-0.2, 0) is 0 Å². The summed E-state index contributed by atoms with van der Waals surface area (Å²) in [5.74, 6) is 0.743. The van der Waals surface area contributed by atoms with E-state index in [0.717, 1.165) is 24.5 Å². The molecule has 0 radical (unpaired) electrons. The van der Waals surface area contributed by atoms with E-state index in [1.54, 1.807) is 24.5 Å². The number of hydrogen-bond donors (Lipinski definition) is 0. The lowest BCUT2D eigenvalue weighted by molar-refractivity contribution is 0.0767. The molecule has 0 bridgehead atoms. The Labute approximate surface area is 141 Å². The van der Waals surface area contributed by atoms with Gasteiger partial charge in [0.1, 0.15) is 11.9 Å². The highest BCUT2D eigenvalue weighted by atomic mass is 16.2. The van der Waals surface area contributed by atoms with Crippen LogP contribution in [0.3, 0.4) is 0 Å². The first-order valence-corrected chi connectivity index (χ1v) is 8.01. The molecule has 6 heteroatoms. The SMILES string of the molecule is Cc1ccc(C#N)c(N2CCCN(C(=O)c3ccncc3)CC2)n1. The standard InChI is InChI=1S/C18H19N5O/c1-14-3-4-16(13-19)17(21-14)22-9-2-10-23(12-11-22)18(24)15-5-7-20-8-6-15/h3-8H,2,9-12H2,1H3. The average molecular weight is 321 g/mol. The second-order valence-electron chi connectivity index (χ2n) is 5.80. The molecule has 1 aliphatic heterocycles. The molecule has 0 N–H and O–H groups in total. The third-order valence-corrected chi connectivity index (χ3v) is 4.14. The fourth-order valence-corrected chi connectivity index (χ4v) is 2.88. The van der Waals surface area contributed by atoms with E-state index < -0.39 is 0 Å². The maximum Gasteiger partial charge on any atom is 0.254 e. The van der Waals surface area contributed by atoms with Gasteiger partial charge in [0.2, 0.25) is 0 Å². The molecule has 3 rings (SSSR count). The maximum absolute atomic E-state index is 12.6. The number of aromatic nitrogens is 2. The Morgan fingerprint density at radius 3 is 2.67 bits per heavy atom. The van der Waals surface area contributed by atoms with Crippen molar-refractivity contribution in [2.45, 2.75) is 13.3 Å². The molecule has 1 aliphatic rings. The Hall–Kier alpha value is -2.94. The summed E-state index contributed by atoms with van der Waals surface area (Å²) in [5, 5.41) is 9.31. The molecule has 2 aromatic rings. The fraction of sp³-hybridized carbons (Fsp3) is 0.333. The van der Waals surface area contributed by atoms with Gasteiger partial charge < -0.3 is 9.80 Å². The molecule has 0 aliphatic carbocycles. The number of amides is 1. The number of hydrogen-bond acceptors (Lipinski definition) is 5. The zero-order valence-electron chi connectivity index (χ0n) is 13.6. The number of nitriles is 1. The second-order valence-corrected chi connectivity index (χ2v) is 5.80. The minimum atomic E-state index is 0.0250. The molecule has 1 saturated heterocycles. The zero-order chi connectivity index (χ0) is 16.9. The van der Waals surface area contributed by atoms with Crippen LogP contribution >= 0.6 is 0 Å². The van der Waals surface area contributed by atoms with Gasteiger partial charge >= 0.3 is 0 Å². The zero-order valence-corrected chi connectivity index (χ0v) is 13.6. The number of nitrogens with zero attached hydrogens (tertiary/aromatic N) is 5. The average Bonchev–Trinajstić information content (AvgIpc) is 2.88. The first-order valence-electron chi connectivity index (χ1n) is 8.01. The first kappa shape index (κ1) is 15.9. The van der Waals surface area contributed by atoms with Gasteiger partial charge in [-0.1, -0.05) is 0 Å². The van der Waals surface area contributed by atoms with E-state index >= 15 is 0 Å². The van der Waals surface area contributed by atoms with E-state index in [4.69, 9.17) is 0 Å². The molecule has 1 amide bonds.